The summed E-state index contributed by atoms with van der Waals surface area (Å²) in [7, 11) is 0. The van der Waals surface area contributed by atoms with E-state index in [9.17, 15) is 4.79 Å². The maximum absolute atomic E-state index is 11.7. The molecule has 88 valence electrons. The van der Waals surface area contributed by atoms with Crippen molar-refractivity contribution in [3.8, 4) is 0 Å². The van der Waals surface area contributed by atoms with E-state index in [-0.39, 0.29) is 11.9 Å². The third kappa shape index (κ3) is 3.66. The minimum Gasteiger partial charge on any atom is -0.348 e. The van der Waals surface area contributed by atoms with E-state index in [1.807, 2.05) is 44.2 Å². The van der Waals surface area contributed by atoms with Gasteiger partial charge in [0.15, 0.2) is 0 Å². The molecular weight excluding hydrogens is 200 g/mol. The number of amides is 1. The molecule has 0 saturated heterocycles. The summed E-state index contributed by atoms with van der Waals surface area (Å²) < 4.78 is 0. The van der Waals surface area contributed by atoms with Gasteiger partial charge in [-0.15, -0.1) is 0 Å². The maximum Gasteiger partial charge on any atom is 0.237 e. The SMILES string of the molecule is CCC[C@@H](N)C(=O)N[C@@H](C)c1ccccc1. The van der Waals surface area contributed by atoms with E-state index in [1.165, 1.54) is 0 Å². The predicted octanol–water partition coefficient (Wildman–Crippen LogP) is 1.99. The molecule has 3 N–H and O–H groups in total. The molecule has 0 aliphatic heterocycles. The number of carbonyl (C=O) groups is 1. The lowest BCUT2D eigenvalue weighted by molar-refractivity contribution is -0.123. The molecule has 0 aliphatic carbocycles. The average molecular weight is 220 g/mol. The molecule has 0 saturated carbocycles. The van der Waals surface area contributed by atoms with Crippen LogP contribution in [0.1, 0.15) is 38.3 Å². The number of hydrogen-bond donors (Lipinski definition) is 2. The van der Waals surface area contributed by atoms with Crippen LogP contribution in [-0.4, -0.2) is 11.9 Å². The van der Waals surface area contributed by atoms with Crippen LogP contribution < -0.4 is 11.1 Å². The highest BCUT2D eigenvalue weighted by Crippen LogP contribution is 2.11. The monoisotopic (exact) mass is 220 g/mol. The molecule has 1 aromatic rings. The molecular formula is C13H20N2O. The van der Waals surface area contributed by atoms with E-state index in [4.69, 9.17) is 5.73 Å². The molecule has 0 aliphatic rings. The minimum absolute atomic E-state index is 0.0107. The molecule has 16 heavy (non-hydrogen) atoms. The maximum atomic E-state index is 11.7. The summed E-state index contributed by atoms with van der Waals surface area (Å²) >= 11 is 0. The lowest BCUT2D eigenvalue weighted by atomic mass is 10.1. The van der Waals surface area contributed by atoms with Gasteiger partial charge >= 0.3 is 0 Å². The minimum atomic E-state index is -0.392. The highest BCUT2D eigenvalue weighted by Gasteiger charge is 2.15. The van der Waals surface area contributed by atoms with Crippen LogP contribution in [0.15, 0.2) is 30.3 Å². The molecule has 1 amide bonds. The predicted molar refractivity (Wildman–Crippen MR) is 65.9 cm³/mol. The van der Waals surface area contributed by atoms with Gasteiger partial charge in [-0.2, -0.15) is 0 Å². The second-order valence-corrected chi connectivity index (χ2v) is 4.04. The molecule has 1 aromatic carbocycles. The first kappa shape index (κ1) is 12.7. The lowest BCUT2D eigenvalue weighted by Gasteiger charge is -2.17. The Labute approximate surface area is 97.0 Å². The summed E-state index contributed by atoms with van der Waals surface area (Å²) in [5, 5.41) is 2.92. The van der Waals surface area contributed by atoms with Gasteiger partial charge in [0.1, 0.15) is 0 Å². The van der Waals surface area contributed by atoms with Crippen molar-refractivity contribution in [2.24, 2.45) is 5.73 Å². The van der Waals surface area contributed by atoms with E-state index in [1.54, 1.807) is 0 Å². The van der Waals surface area contributed by atoms with Gasteiger partial charge in [-0.25, -0.2) is 0 Å². The van der Waals surface area contributed by atoms with Crippen molar-refractivity contribution in [1.29, 1.82) is 0 Å². The van der Waals surface area contributed by atoms with E-state index >= 15 is 0 Å². The average Bonchev–Trinajstić information content (AvgIpc) is 2.30. The third-order valence-corrected chi connectivity index (χ3v) is 2.59. The standard InChI is InChI=1S/C13H20N2O/c1-3-7-12(14)13(16)15-10(2)11-8-5-4-6-9-11/h4-6,8-10,12H,3,7,14H2,1-2H3,(H,15,16)/t10-,12+/m0/s1. The highest BCUT2D eigenvalue weighted by molar-refractivity contribution is 5.81. The molecule has 0 bridgehead atoms. The van der Waals surface area contributed by atoms with E-state index in [2.05, 4.69) is 5.32 Å². The molecule has 1 rings (SSSR count). The number of hydrogen-bond acceptors (Lipinski definition) is 2. The Hall–Kier alpha value is -1.35. The lowest BCUT2D eigenvalue weighted by Crippen LogP contribution is -2.41. The van der Waals surface area contributed by atoms with Crippen molar-refractivity contribution in [3.05, 3.63) is 35.9 Å². The van der Waals surface area contributed by atoms with Crippen LogP contribution in [0.2, 0.25) is 0 Å². The third-order valence-electron chi connectivity index (χ3n) is 2.59. The van der Waals surface area contributed by atoms with Crippen molar-refractivity contribution in [1.82, 2.24) is 5.32 Å². The molecule has 0 unspecified atom stereocenters. The normalized spacial score (nSPS) is 14.2. The molecule has 0 aromatic heterocycles. The van der Waals surface area contributed by atoms with Crippen molar-refractivity contribution in [2.45, 2.75) is 38.8 Å². The largest absolute Gasteiger partial charge is 0.348 e. The van der Waals surface area contributed by atoms with E-state index < -0.39 is 6.04 Å². The quantitative estimate of drug-likeness (QED) is 0.797. The summed E-state index contributed by atoms with van der Waals surface area (Å²) in [5.74, 6) is -0.0711. The Morgan fingerprint density at radius 2 is 2.00 bits per heavy atom. The number of nitrogens with one attached hydrogen (secondary N) is 1. The van der Waals surface area contributed by atoms with E-state index in [0.29, 0.717) is 0 Å². The van der Waals surface area contributed by atoms with Crippen molar-refractivity contribution in [2.75, 3.05) is 0 Å². The Bertz CT molecular complexity index is 324. The Kier molecular flexibility index (Phi) is 4.99. The van der Waals surface area contributed by atoms with Gasteiger partial charge in [0.05, 0.1) is 12.1 Å². The number of benzene rings is 1. The fourth-order valence-corrected chi connectivity index (χ4v) is 1.59. The number of carbonyl (C=O) groups excluding carboxylic acids is 1. The summed E-state index contributed by atoms with van der Waals surface area (Å²) in [6.45, 7) is 3.99. The molecule has 0 heterocycles. The summed E-state index contributed by atoms with van der Waals surface area (Å²) in [4.78, 5) is 11.7. The zero-order valence-electron chi connectivity index (χ0n) is 9.94. The molecule has 3 nitrogen and oxygen atoms in total. The van der Waals surface area contributed by atoms with Crippen molar-refractivity contribution < 1.29 is 4.79 Å². The summed E-state index contributed by atoms with van der Waals surface area (Å²) in [6.07, 6.45) is 1.65. The van der Waals surface area contributed by atoms with Gasteiger partial charge in [0.25, 0.3) is 0 Å². The Morgan fingerprint density at radius 3 is 2.56 bits per heavy atom. The fourth-order valence-electron chi connectivity index (χ4n) is 1.59. The highest BCUT2D eigenvalue weighted by atomic mass is 16.2. The summed E-state index contributed by atoms with van der Waals surface area (Å²) in [6, 6.07) is 9.49. The topological polar surface area (TPSA) is 55.1 Å². The molecule has 2 atom stereocenters. The number of rotatable bonds is 5. The smallest absolute Gasteiger partial charge is 0.237 e. The van der Waals surface area contributed by atoms with Crippen LogP contribution in [0, 0.1) is 0 Å². The van der Waals surface area contributed by atoms with Crippen LogP contribution in [0.4, 0.5) is 0 Å². The number of nitrogens with two attached hydrogens (primary N) is 1. The van der Waals surface area contributed by atoms with Crippen LogP contribution >= 0.6 is 0 Å². The van der Waals surface area contributed by atoms with Gasteiger partial charge in [-0.3, -0.25) is 4.79 Å². The second-order valence-electron chi connectivity index (χ2n) is 4.04. The Morgan fingerprint density at radius 1 is 1.38 bits per heavy atom. The van der Waals surface area contributed by atoms with Crippen LogP contribution in [-0.2, 0) is 4.79 Å². The first-order valence-electron chi connectivity index (χ1n) is 5.76. The van der Waals surface area contributed by atoms with Gasteiger partial charge < -0.3 is 11.1 Å². The van der Waals surface area contributed by atoms with Gasteiger partial charge in [0, 0.05) is 0 Å². The first-order chi connectivity index (χ1) is 7.65. The van der Waals surface area contributed by atoms with Gasteiger partial charge in [-0.05, 0) is 18.9 Å². The zero-order valence-corrected chi connectivity index (χ0v) is 9.94. The van der Waals surface area contributed by atoms with E-state index in [0.717, 1.165) is 18.4 Å². The van der Waals surface area contributed by atoms with Crippen LogP contribution in [0.3, 0.4) is 0 Å². The van der Waals surface area contributed by atoms with Gasteiger partial charge in [0.2, 0.25) is 5.91 Å². The second kappa shape index (κ2) is 6.28. The molecule has 0 spiro atoms. The van der Waals surface area contributed by atoms with Crippen molar-refractivity contribution >= 4 is 5.91 Å². The van der Waals surface area contributed by atoms with Crippen molar-refractivity contribution in [3.63, 3.8) is 0 Å². The molecule has 3 heteroatoms. The first-order valence-corrected chi connectivity index (χ1v) is 5.76. The van der Waals surface area contributed by atoms with Crippen LogP contribution in [0.5, 0.6) is 0 Å². The summed E-state index contributed by atoms with van der Waals surface area (Å²) in [5.41, 5.74) is 6.84. The van der Waals surface area contributed by atoms with Crippen LogP contribution in [0.25, 0.3) is 0 Å². The fraction of sp³-hybridized carbons (Fsp3) is 0.462. The van der Waals surface area contributed by atoms with Gasteiger partial charge in [-0.1, -0.05) is 43.7 Å². The molecule has 0 radical (unpaired) electrons. The Balaban J connectivity index is 2.51. The molecule has 0 fully saturated rings. The zero-order chi connectivity index (χ0) is 12.0.